The van der Waals surface area contributed by atoms with Gasteiger partial charge in [0.05, 0.1) is 6.10 Å². The summed E-state index contributed by atoms with van der Waals surface area (Å²) in [5, 5.41) is 14.8. The van der Waals surface area contributed by atoms with Gasteiger partial charge in [0.1, 0.15) is 13.2 Å². The summed E-state index contributed by atoms with van der Waals surface area (Å²) in [6.07, 6.45) is 1.03. The fourth-order valence-corrected chi connectivity index (χ4v) is 4.63. The van der Waals surface area contributed by atoms with E-state index in [1.165, 1.54) is 5.56 Å². The van der Waals surface area contributed by atoms with Crippen molar-refractivity contribution in [3.05, 3.63) is 131 Å². The van der Waals surface area contributed by atoms with Gasteiger partial charge in [-0.1, -0.05) is 97.1 Å². The van der Waals surface area contributed by atoms with Crippen LogP contribution in [0.3, 0.4) is 0 Å². The summed E-state index contributed by atoms with van der Waals surface area (Å²) >= 11 is 0. The van der Waals surface area contributed by atoms with Crippen LogP contribution in [0.1, 0.15) is 40.3 Å². The molecule has 0 radical (unpaired) electrons. The topological polar surface area (TPSA) is 50.7 Å². The average molecular weight is 466 g/mol. The molecule has 2 atom stereocenters. The molecule has 2 N–H and O–H groups in total. The van der Waals surface area contributed by atoms with Crippen LogP contribution in [0.2, 0.25) is 0 Å². The normalized spacial score (nSPS) is 16.9. The molecule has 178 valence electrons. The van der Waals surface area contributed by atoms with Gasteiger partial charge >= 0.3 is 0 Å². The molecular weight excluding hydrogens is 434 g/mol. The lowest BCUT2D eigenvalue weighted by molar-refractivity contribution is 0.112. The van der Waals surface area contributed by atoms with Gasteiger partial charge in [0, 0.05) is 18.2 Å². The Kier molecular flexibility index (Phi) is 7.42. The third-order valence-corrected chi connectivity index (χ3v) is 6.54. The number of aliphatic hydroxyl groups excluding tert-OH is 1. The molecule has 0 saturated heterocycles. The van der Waals surface area contributed by atoms with Crippen LogP contribution in [-0.2, 0) is 26.2 Å². The molecule has 0 fully saturated rings. The second kappa shape index (κ2) is 11.2. The Morgan fingerprint density at radius 2 is 1.26 bits per heavy atom. The number of benzene rings is 4. The van der Waals surface area contributed by atoms with Gasteiger partial charge < -0.3 is 19.9 Å². The zero-order chi connectivity index (χ0) is 23.9. The number of hydrogen-bond acceptors (Lipinski definition) is 4. The molecule has 0 aromatic heterocycles. The van der Waals surface area contributed by atoms with Crippen molar-refractivity contribution in [3.63, 3.8) is 0 Å². The SMILES string of the molecule is O[C@H]1c2ccc(OCc3ccccc3)c(OCc3ccccc3)c2CCC1NCc1ccccc1. The number of hydrogen-bond donors (Lipinski definition) is 2. The molecule has 1 unspecified atom stereocenters. The Morgan fingerprint density at radius 3 is 1.89 bits per heavy atom. The lowest BCUT2D eigenvalue weighted by Gasteiger charge is -2.32. The molecule has 4 aromatic carbocycles. The van der Waals surface area contributed by atoms with Crippen molar-refractivity contribution in [1.29, 1.82) is 0 Å². The first kappa shape index (κ1) is 23.2. The first-order chi connectivity index (χ1) is 17.3. The first-order valence-electron chi connectivity index (χ1n) is 12.2. The number of nitrogens with one attached hydrogen (secondary N) is 1. The summed E-state index contributed by atoms with van der Waals surface area (Å²) in [5.74, 6) is 1.45. The van der Waals surface area contributed by atoms with Crippen molar-refractivity contribution in [2.45, 2.75) is 44.7 Å². The van der Waals surface area contributed by atoms with E-state index in [-0.39, 0.29) is 6.04 Å². The first-order valence-corrected chi connectivity index (χ1v) is 12.2. The fourth-order valence-electron chi connectivity index (χ4n) is 4.63. The molecule has 4 heteroatoms. The average Bonchev–Trinajstić information content (AvgIpc) is 2.92. The quantitative estimate of drug-likeness (QED) is 0.319. The van der Waals surface area contributed by atoms with Crippen molar-refractivity contribution < 1.29 is 14.6 Å². The molecule has 0 bridgehead atoms. The smallest absolute Gasteiger partial charge is 0.165 e. The van der Waals surface area contributed by atoms with Gasteiger partial charge in [-0.15, -0.1) is 0 Å². The zero-order valence-corrected chi connectivity index (χ0v) is 19.8. The summed E-state index contributed by atoms with van der Waals surface area (Å²) in [6.45, 7) is 1.64. The summed E-state index contributed by atoms with van der Waals surface area (Å²) in [6, 6.07) is 34.5. The standard InChI is InChI=1S/C31H31NO3/c33-30-26-17-19-29(34-21-24-12-6-2-7-13-24)31(35-22-25-14-8-3-9-15-25)27(26)16-18-28(30)32-20-23-10-4-1-5-11-23/h1-15,17,19,28,30,32-33H,16,18,20-22H2/t28?,30-/m0/s1. The van der Waals surface area contributed by atoms with E-state index in [9.17, 15) is 5.11 Å². The van der Waals surface area contributed by atoms with Crippen molar-refractivity contribution in [1.82, 2.24) is 5.32 Å². The second-order valence-electron chi connectivity index (χ2n) is 8.97. The van der Waals surface area contributed by atoms with Crippen molar-refractivity contribution in [2.24, 2.45) is 0 Å². The van der Waals surface area contributed by atoms with Gasteiger partial charge in [-0.05, 0) is 41.2 Å². The van der Waals surface area contributed by atoms with Crippen LogP contribution < -0.4 is 14.8 Å². The van der Waals surface area contributed by atoms with E-state index in [2.05, 4.69) is 41.7 Å². The largest absolute Gasteiger partial charge is 0.485 e. The number of fused-ring (bicyclic) bond motifs is 1. The summed E-state index contributed by atoms with van der Waals surface area (Å²) in [7, 11) is 0. The van der Waals surface area contributed by atoms with Gasteiger partial charge in [-0.3, -0.25) is 0 Å². The molecule has 1 aliphatic rings. The monoisotopic (exact) mass is 465 g/mol. The van der Waals surface area contributed by atoms with Gasteiger partial charge in [-0.2, -0.15) is 0 Å². The molecule has 0 aliphatic heterocycles. The lowest BCUT2D eigenvalue weighted by atomic mass is 9.85. The van der Waals surface area contributed by atoms with Crippen LogP contribution in [-0.4, -0.2) is 11.1 Å². The highest BCUT2D eigenvalue weighted by Gasteiger charge is 2.31. The molecule has 5 rings (SSSR count). The Bertz CT molecular complexity index is 1210. The third-order valence-electron chi connectivity index (χ3n) is 6.54. The molecule has 0 spiro atoms. The molecular formula is C31H31NO3. The maximum atomic E-state index is 11.2. The Hall–Kier alpha value is -3.60. The maximum Gasteiger partial charge on any atom is 0.165 e. The van der Waals surface area contributed by atoms with Crippen molar-refractivity contribution in [2.75, 3.05) is 0 Å². The predicted molar refractivity (Wildman–Crippen MR) is 138 cm³/mol. The molecule has 0 saturated carbocycles. The zero-order valence-electron chi connectivity index (χ0n) is 19.8. The molecule has 35 heavy (non-hydrogen) atoms. The summed E-state index contributed by atoms with van der Waals surface area (Å²) in [5.41, 5.74) is 5.36. The predicted octanol–water partition coefficient (Wildman–Crippen LogP) is 5.98. The van der Waals surface area contributed by atoms with Crippen molar-refractivity contribution >= 4 is 0 Å². The summed E-state index contributed by atoms with van der Waals surface area (Å²) < 4.78 is 12.6. The molecule has 0 heterocycles. The van der Waals surface area contributed by atoms with Gasteiger partial charge in [-0.25, -0.2) is 0 Å². The van der Waals surface area contributed by atoms with Crippen LogP contribution in [0.5, 0.6) is 11.5 Å². The van der Waals surface area contributed by atoms with Crippen LogP contribution in [0, 0.1) is 0 Å². The van der Waals surface area contributed by atoms with Gasteiger partial charge in [0.2, 0.25) is 0 Å². The minimum atomic E-state index is -0.607. The van der Waals surface area contributed by atoms with E-state index in [1.807, 2.05) is 66.7 Å². The van der Waals surface area contributed by atoms with E-state index in [4.69, 9.17) is 9.47 Å². The van der Waals surface area contributed by atoms with Crippen LogP contribution in [0.25, 0.3) is 0 Å². The fraction of sp³-hybridized carbons (Fsp3) is 0.226. The Balaban J connectivity index is 1.37. The summed E-state index contributed by atoms with van der Waals surface area (Å²) in [4.78, 5) is 0. The minimum absolute atomic E-state index is 0.0132. The molecule has 4 aromatic rings. The second-order valence-corrected chi connectivity index (χ2v) is 8.97. The maximum absolute atomic E-state index is 11.2. The highest BCUT2D eigenvalue weighted by molar-refractivity contribution is 5.53. The van der Waals surface area contributed by atoms with Crippen LogP contribution in [0.15, 0.2) is 103 Å². The van der Waals surface area contributed by atoms with Gasteiger partial charge in [0.15, 0.2) is 11.5 Å². The number of ether oxygens (including phenoxy) is 2. The Morgan fingerprint density at radius 1 is 0.686 bits per heavy atom. The lowest BCUT2D eigenvalue weighted by Crippen LogP contribution is -2.38. The van der Waals surface area contributed by atoms with E-state index < -0.39 is 6.10 Å². The highest BCUT2D eigenvalue weighted by atomic mass is 16.5. The third kappa shape index (κ3) is 5.73. The van der Waals surface area contributed by atoms with Crippen molar-refractivity contribution in [3.8, 4) is 11.5 Å². The van der Waals surface area contributed by atoms with Crippen LogP contribution in [0.4, 0.5) is 0 Å². The number of rotatable bonds is 9. The Labute approximate surface area is 207 Å². The molecule has 4 nitrogen and oxygen atoms in total. The van der Waals surface area contributed by atoms with E-state index in [0.29, 0.717) is 19.0 Å². The molecule has 1 aliphatic carbocycles. The van der Waals surface area contributed by atoms with Crippen LogP contribution >= 0.6 is 0 Å². The molecule has 0 amide bonds. The van der Waals surface area contributed by atoms with E-state index in [0.717, 1.165) is 47.4 Å². The highest BCUT2D eigenvalue weighted by Crippen LogP contribution is 2.42. The van der Waals surface area contributed by atoms with Gasteiger partial charge in [0.25, 0.3) is 0 Å². The van der Waals surface area contributed by atoms with E-state index in [1.54, 1.807) is 0 Å². The number of aliphatic hydroxyl groups is 1. The minimum Gasteiger partial charge on any atom is -0.485 e. The van der Waals surface area contributed by atoms with E-state index >= 15 is 0 Å².